The molecular formula is C22H23N2O2P. The van der Waals surface area contributed by atoms with Crippen LogP contribution in [0.15, 0.2) is 84.1 Å². The van der Waals surface area contributed by atoms with Crippen LogP contribution < -0.4 is 10.6 Å². The van der Waals surface area contributed by atoms with Gasteiger partial charge in [-0.1, -0.05) is 66.7 Å². The van der Waals surface area contributed by atoms with E-state index in [1.165, 1.54) is 6.42 Å². The van der Waals surface area contributed by atoms with Crippen LogP contribution in [0.1, 0.15) is 36.8 Å². The summed E-state index contributed by atoms with van der Waals surface area (Å²) in [6.45, 7) is 0. The number of allylic oxidation sites excluding steroid dienone is 2. The van der Waals surface area contributed by atoms with Crippen LogP contribution in [0.5, 0.6) is 0 Å². The summed E-state index contributed by atoms with van der Waals surface area (Å²) in [5.74, 6) is 4.61. The van der Waals surface area contributed by atoms with Crippen LogP contribution in [0, 0.1) is 0 Å². The second-order valence-electron chi connectivity index (χ2n) is 6.74. The zero-order valence-electron chi connectivity index (χ0n) is 15.1. The molecule has 0 atom stereocenters. The Morgan fingerprint density at radius 3 is 1.93 bits per heavy atom. The molecule has 0 bridgehead atoms. The van der Waals surface area contributed by atoms with E-state index in [4.69, 9.17) is 4.74 Å². The maximum Gasteiger partial charge on any atom is 0.214 e. The van der Waals surface area contributed by atoms with E-state index in [1.807, 2.05) is 60.7 Å². The number of hydrogen-bond donors (Lipinski definition) is 2. The van der Waals surface area contributed by atoms with Gasteiger partial charge in [0.05, 0.1) is 0 Å². The topological polar surface area (TPSA) is 50.4 Å². The molecule has 4 nitrogen and oxygen atoms in total. The maximum absolute atomic E-state index is 13.6. The molecule has 1 aliphatic carbocycles. The van der Waals surface area contributed by atoms with E-state index in [0.29, 0.717) is 11.5 Å². The Balaban J connectivity index is 1.65. The van der Waals surface area contributed by atoms with Crippen molar-refractivity contribution in [2.24, 2.45) is 0 Å². The summed E-state index contributed by atoms with van der Waals surface area (Å²) in [5, 5.41) is 3.07. The first-order valence-electron chi connectivity index (χ1n) is 9.28. The molecule has 0 saturated carbocycles. The third-order valence-electron chi connectivity index (χ3n) is 4.64. The van der Waals surface area contributed by atoms with Gasteiger partial charge >= 0.3 is 0 Å². The van der Waals surface area contributed by atoms with Crippen molar-refractivity contribution in [1.82, 2.24) is 10.6 Å². The molecule has 0 radical (unpaired) electrons. The van der Waals surface area contributed by atoms with Gasteiger partial charge in [-0.25, -0.2) is 0 Å². The molecule has 0 saturated heterocycles. The minimum absolute atomic E-state index is 0.604. The first-order chi connectivity index (χ1) is 13.2. The molecular weight excluding hydrogens is 355 g/mol. The highest BCUT2D eigenvalue weighted by Gasteiger charge is 2.27. The number of rotatable bonds is 5. The Bertz CT molecular complexity index is 874. The number of ether oxygens (including phenoxy) is 1. The molecule has 27 heavy (non-hydrogen) atoms. The van der Waals surface area contributed by atoms with Crippen molar-refractivity contribution in [1.29, 1.82) is 0 Å². The lowest BCUT2D eigenvalue weighted by Gasteiger charge is -2.25. The highest BCUT2D eigenvalue weighted by Crippen LogP contribution is 2.52. The lowest BCUT2D eigenvalue weighted by atomic mass is 10.1. The van der Waals surface area contributed by atoms with Crippen molar-refractivity contribution in [3.05, 3.63) is 95.2 Å². The highest BCUT2D eigenvalue weighted by molar-refractivity contribution is 7.68. The SMILES string of the molecule is O=P1(NNC2=CCCCC2)C=C(c2ccccc2)OC(c2ccccc2)=C1. The first kappa shape index (κ1) is 17.8. The van der Waals surface area contributed by atoms with Gasteiger partial charge in [0.25, 0.3) is 0 Å². The van der Waals surface area contributed by atoms with E-state index >= 15 is 0 Å². The predicted octanol–water partition coefficient (Wildman–Crippen LogP) is 5.84. The van der Waals surface area contributed by atoms with E-state index in [0.717, 1.165) is 36.1 Å². The van der Waals surface area contributed by atoms with Crippen molar-refractivity contribution in [3.63, 3.8) is 0 Å². The highest BCUT2D eigenvalue weighted by atomic mass is 31.2. The second-order valence-corrected chi connectivity index (χ2v) is 8.90. The Morgan fingerprint density at radius 1 is 0.815 bits per heavy atom. The maximum atomic E-state index is 13.6. The van der Waals surface area contributed by atoms with Crippen molar-refractivity contribution >= 4 is 18.8 Å². The zero-order chi connectivity index (χ0) is 18.5. The average Bonchev–Trinajstić information content (AvgIpc) is 2.74. The number of nitrogens with one attached hydrogen (secondary N) is 2. The monoisotopic (exact) mass is 378 g/mol. The van der Waals surface area contributed by atoms with Gasteiger partial charge in [-0.15, -0.1) is 0 Å². The summed E-state index contributed by atoms with van der Waals surface area (Å²) in [6.07, 6.45) is 6.59. The predicted molar refractivity (Wildman–Crippen MR) is 110 cm³/mol. The number of hydrogen-bond acceptors (Lipinski definition) is 3. The molecule has 0 unspecified atom stereocenters. The quantitative estimate of drug-likeness (QED) is 0.507. The standard InChI is InChI=1S/C22H23N2O2P/c25-27(24-23-20-14-8-3-9-15-20)16-21(18-10-4-1-5-11-18)26-22(17-27)19-12-6-2-7-13-19/h1-2,4-7,10-14,16-17,23H,3,8-9,15H2,(H,24,25). The average molecular weight is 378 g/mol. The molecule has 2 N–H and O–H groups in total. The minimum Gasteiger partial charge on any atom is -0.456 e. The third kappa shape index (κ3) is 4.41. The van der Waals surface area contributed by atoms with Gasteiger partial charge in [-0.05, 0) is 25.7 Å². The van der Waals surface area contributed by atoms with Crippen molar-refractivity contribution in [2.75, 3.05) is 0 Å². The molecule has 1 heterocycles. The Hall–Kier alpha value is -2.55. The molecule has 138 valence electrons. The van der Waals surface area contributed by atoms with Gasteiger partial charge in [0.15, 0.2) is 0 Å². The zero-order valence-corrected chi connectivity index (χ0v) is 16.0. The van der Waals surface area contributed by atoms with Crippen LogP contribution >= 0.6 is 7.29 Å². The van der Waals surface area contributed by atoms with Crippen LogP contribution in [0.4, 0.5) is 0 Å². The summed E-state index contributed by atoms with van der Waals surface area (Å²) in [5.41, 5.74) is 6.08. The molecule has 1 aliphatic heterocycles. The molecule has 2 aliphatic rings. The van der Waals surface area contributed by atoms with E-state index in [9.17, 15) is 4.57 Å². The molecule has 2 aromatic carbocycles. The smallest absolute Gasteiger partial charge is 0.214 e. The van der Waals surface area contributed by atoms with Crippen LogP contribution in [-0.4, -0.2) is 0 Å². The van der Waals surface area contributed by atoms with Crippen LogP contribution in [0.2, 0.25) is 0 Å². The lowest BCUT2D eigenvalue weighted by molar-refractivity contribution is 0.467. The second kappa shape index (κ2) is 7.99. The summed E-state index contributed by atoms with van der Waals surface area (Å²) in [4.78, 5) is 0. The first-order valence-corrected chi connectivity index (χ1v) is 11.1. The number of hydrazine groups is 1. The van der Waals surface area contributed by atoms with Crippen molar-refractivity contribution in [3.8, 4) is 0 Å². The van der Waals surface area contributed by atoms with Crippen LogP contribution in [0.3, 0.4) is 0 Å². The Kier molecular flexibility index (Phi) is 5.28. The molecule has 0 amide bonds. The molecule has 4 rings (SSSR count). The van der Waals surface area contributed by atoms with E-state index in [2.05, 4.69) is 16.7 Å². The van der Waals surface area contributed by atoms with Crippen LogP contribution in [-0.2, 0) is 9.30 Å². The molecule has 5 heteroatoms. The lowest BCUT2D eigenvalue weighted by Crippen LogP contribution is -2.28. The normalized spacial score (nSPS) is 18.6. The minimum atomic E-state index is -2.97. The Labute approximate surface area is 160 Å². The molecule has 0 aromatic heterocycles. The summed E-state index contributed by atoms with van der Waals surface area (Å²) in [6, 6.07) is 19.5. The summed E-state index contributed by atoms with van der Waals surface area (Å²) >= 11 is 0. The van der Waals surface area contributed by atoms with Crippen LogP contribution in [0.25, 0.3) is 11.5 Å². The largest absolute Gasteiger partial charge is 0.456 e. The van der Waals surface area contributed by atoms with Gasteiger partial charge in [0, 0.05) is 28.5 Å². The van der Waals surface area contributed by atoms with Gasteiger partial charge in [0.1, 0.15) is 11.5 Å². The molecule has 0 fully saturated rings. The Morgan fingerprint density at radius 2 is 1.41 bits per heavy atom. The number of benzene rings is 2. The van der Waals surface area contributed by atoms with Crippen molar-refractivity contribution in [2.45, 2.75) is 25.7 Å². The fraction of sp³-hybridized carbons (Fsp3) is 0.182. The van der Waals surface area contributed by atoms with Crippen molar-refractivity contribution < 1.29 is 9.30 Å². The summed E-state index contributed by atoms with van der Waals surface area (Å²) < 4.78 is 19.7. The van der Waals surface area contributed by atoms with Gasteiger partial charge in [-0.3, -0.25) is 4.57 Å². The fourth-order valence-electron chi connectivity index (χ4n) is 3.20. The fourth-order valence-corrected chi connectivity index (χ4v) is 4.83. The van der Waals surface area contributed by atoms with Gasteiger partial charge in [0.2, 0.25) is 7.29 Å². The summed E-state index contributed by atoms with van der Waals surface area (Å²) in [7, 11) is -2.97. The van der Waals surface area contributed by atoms with E-state index < -0.39 is 7.29 Å². The third-order valence-corrected chi connectivity index (χ3v) is 6.33. The van der Waals surface area contributed by atoms with Gasteiger partial charge in [-0.2, -0.15) is 5.20 Å². The van der Waals surface area contributed by atoms with E-state index in [1.54, 1.807) is 11.6 Å². The molecule has 0 spiro atoms. The van der Waals surface area contributed by atoms with Gasteiger partial charge < -0.3 is 10.2 Å². The van der Waals surface area contributed by atoms with E-state index in [-0.39, 0.29) is 0 Å². The molecule has 2 aromatic rings.